The van der Waals surface area contributed by atoms with Gasteiger partial charge in [0, 0.05) is 0 Å². The number of nitrogens with zero attached hydrogens (tertiary/aromatic N) is 1. The van der Waals surface area contributed by atoms with Gasteiger partial charge in [0.05, 0.1) is 24.0 Å². The first-order chi connectivity index (χ1) is 10.8. The van der Waals surface area contributed by atoms with Crippen molar-refractivity contribution in [2.75, 3.05) is 6.54 Å². The van der Waals surface area contributed by atoms with Crippen molar-refractivity contribution in [1.29, 1.82) is 0 Å². The van der Waals surface area contributed by atoms with Crippen molar-refractivity contribution >= 4 is 23.7 Å². The maximum Gasteiger partial charge on any atom is 0.326 e. The van der Waals surface area contributed by atoms with Crippen molar-refractivity contribution in [3.05, 3.63) is 0 Å². The van der Waals surface area contributed by atoms with Crippen LogP contribution in [-0.4, -0.2) is 58.5 Å². The van der Waals surface area contributed by atoms with E-state index in [4.69, 9.17) is 9.84 Å². The fraction of sp³-hybridized carbons (Fsp3) is 0.733. The summed E-state index contributed by atoms with van der Waals surface area (Å²) in [6.07, 6.45) is 1.08. The lowest BCUT2D eigenvalue weighted by Gasteiger charge is -2.21. The number of aliphatic carboxylic acids is 1. The maximum atomic E-state index is 12.4. The van der Waals surface area contributed by atoms with Gasteiger partial charge in [-0.15, -0.1) is 0 Å². The third kappa shape index (κ3) is 2.50. The zero-order chi connectivity index (χ0) is 16.9. The maximum absolute atomic E-state index is 12.4. The van der Waals surface area contributed by atoms with E-state index in [0.29, 0.717) is 0 Å². The van der Waals surface area contributed by atoms with Gasteiger partial charge < -0.3 is 15.2 Å². The summed E-state index contributed by atoms with van der Waals surface area (Å²) in [4.78, 5) is 48.9. The molecule has 3 aliphatic rings. The molecule has 126 valence electrons. The number of imide groups is 1. The molecular weight excluding hydrogens is 304 g/mol. The molecule has 3 aliphatic heterocycles. The van der Waals surface area contributed by atoms with E-state index in [1.165, 1.54) is 0 Å². The molecule has 0 radical (unpaired) electrons. The van der Waals surface area contributed by atoms with Gasteiger partial charge in [-0.1, -0.05) is 13.8 Å². The van der Waals surface area contributed by atoms with Gasteiger partial charge in [-0.05, 0) is 18.8 Å². The van der Waals surface area contributed by atoms with Crippen molar-refractivity contribution in [3.8, 4) is 0 Å². The minimum Gasteiger partial charge on any atom is -0.480 e. The van der Waals surface area contributed by atoms with Crippen molar-refractivity contribution in [1.82, 2.24) is 10.2 Å². The summed E-state index contributed by atoms with van der Waals surface area (Å²) in [7, 11) is 0. The Bertz CT molecular complexity index is 546. The average molecular weight is 324 g/mol. The average Bonchev–Trinajstić information content (AvgIpc) is 3.14. The molecule has 8 heteroatoms. The summed E-state index contributed by atoms with van der Waals surface area (Å²) >= 11 is 0. The fourth-order valence-electron chi connectivity index (χ4n) is 3.81. The van der Waals surface area contributed by atoms with Gasteiger partial charge in [-0.2, -0.15) is 0 Å². The molecule has 2 bridgehead atoms. The highest BCUT2D eigenvalue weighted by molar-refractivity contribution is 6.08. The van der Waals surface area contributed by atoms with Crippen LogP contribution in [0, 0.1) is 17.8 Å². The van der Waals surface area contributed by atoms with E-state index in [-0.39, 0.29) is 29.9 Å². The van der Waals surface area contributed by atoms with E-state index in [9.17, 15) is 19.2 Å². The highest BCUT2D eigenvalue weighted by Gasteiger charge is 2.62. The van der Waals surface area contributed by atoms with Crippen LogP contribution in [-0.2, 0) is 23.9 Å². The van der Waals surface area contributed by atoms with E-state index in [1.54, 1.807) is 13.8 Å². The van der Waals surface area contributed by atoms with Crippen molar-refractivity contribution in [2.24, 2.45) is 17.8 Å². The van der Waals surface area contributed by atoms with Gasteiger partial charge in [-0.25, -0.2) is 4.79 Å². The predicted octanol–water partition coefficient (Wildman–Crippen LogP) is -0.626. The number of carbonyl (C=O) groups is 4. The lowest BCUT2D eigenvalue weighted by Crippen LogP contribution is -2.49. The Hall–Kier alpha value is -1.96. The van der Waals surface area contributed by atoms with E-state index >= 15 is 0 Å². The van der Waals surface area contributed by atoms with Crippen LogP contribution in [0.1, 0.15) is 26.7 Å². The van der Waals surface area contributed by atoms with Gasteiger partial charge >= 0.3 is 5.97 Å². The Labute approximate surface area is 133 Å². The molecule has 3 fully saturated rings. The number of ether oxygens (including phenoxy) is 1. The quantitative estimate of drug-likeness (QED) is 0.651. The van der Waals surface area contributed by atoms with Crippen LogP contribution in [0.25, 0.3) is 0 Å². The number of carboxylic acids is 1. The Morgan fingerprint density at radius 1 is 1.22 bits per heavy atom. The van der Waals surface area contributed by atoms with Crippen molar-refractivity contribution in [2.45, 2.75) is 44.9 Å². The van der Waals surface area contributed by atoms with Crippen LogP contribution in [0.2, 0.25) is 0 Å². The van der Waals surface area contributed by atoms with Crippen LogP contribution in [0.5, 0.6) is 0 Å². The molecule has 0 aromatic carbocycles. The molecule has 3 rings (SSSR count). The van der Waals surface area contributed by atoms with Gasteiger partial charge in [0.1, 0.15) is 12.6 Å². The molecule has 23 heavy (non-hydrogen) atoms. The summed E-state index contributed by atoms with van der Waals surface area (Å²) in [6, 6.07) is -1.05. The summed E-state index contributed by atoms with van der Waals surface area (Å²) in [6.45, 7) is 2.91. The summed E-state index contributed by atoms with van der Waals surface area (Å²) in [5.41, 5.74) is 0. The topological polar surface area (TPSA) is 113 Å². The van der Waals surface area contributed by atoms with E-state index in [1.807, 2.05) is 0 Å². The van der Waals surface area contributed by atoms with Crippen LogP contribution in [0.3, 0.4) is 0 Å². The first kappa shape index (κ1) is 15.9. The molecule has 2 N–H and O–H groups in total. The smallest absolute Gasteiger partial charge is 0.326 e. The standard InChI is InChI=1S/C15H20N2O6/c1-6(2)12(15(21)22)16-9(18)5-17-13(19)10-7-3-4-8(23-7)11(10)14(17)20/h6-8,10-12H,3-5H2,1-2H3,(H,16,18)(H,21,22)/t7?,8?,10?,11?,12-/m1/s1. The molecular formula is C15H20N2O6. The fourth-order valence-corrected chi connectivity index (χ4v) is 3.81. The lowest BCUT2D eigenvalue weighted by atomic mass is 9.81. The number of rotatable bonds is 5. The second-order valence-corrected chi connectivity index (χ2v) is 6.73. The number of fused-ring (bicyclic) bond motifs is 5. The van der Waals surface area contributed by atoms with Gasteiger partial charge in [-0.3, -0.25) is 19.3 Å². The Morgan fingerprint density at radius 3 is 2.17 bits per heavy atom. The Balaban J connectivity index is 1.66. The van der Waals surface area contributed by atoms with E-state index < -0.39 is 36.3 Å². The number of nitrogens with one attached hydrogen (secondary N) is 1. The largest absolute Gasteiger partial charge is 0.480 e. The molecule has 5 atom stereocenters. The van der Waals surface area contributed by atoms with Crippen molar-refractivity contribution < 1.29 is 29.0 Å². The Kier molecular flexibility index (Phi) is 3.87. The normalized spacial score (nSPS) is 33.3. The third-order valence-electron chi connectivity index (χ3n) is 4.93. The monoisotopic (exact) mass is 324 g/mol. The van der Waals surface area contributed by atoms with Crippen LogP contribution in [0.15, 0.2) is 0 Å². The highest BCUT2D eigenvalue weighted by Crippen LogP contribution is 2.48. The minimum atomic E-state index is -1.14. The second kappa shape index (κ2) is 5.59. The molecule has 0 saturated carbocycles. The van der Waals surface area contributed by atoms with Crippen LogP contribution >= 0.6 is 0 Å². The zero-order valence-corrected chi connectivity index (χ0v) is 13.0. The van der Waals surface area contributed by atoms with Gasteiger partial charge in [0.25, 0.3) is 0 Å². The summed E-state index contributed by atoms with van der Waals surface area (Å²) in [5, 5.41) is 11.5. The molecule has 0 aliphatic carbocycles. The summed E-state index contributed by atoms with van der Waals surface area (Å²) in [5.74, 6) is -3.79. The molecule has 3 saturated heterocycles. The van der Waals surface area contributed by atoms with Gasteiger partial charge in [0.2, 0.25) is 17.7 Å². The highest BCUT2D eigenvalue weighted by atomic mass is 16.5. The lowest BCUT2D eigenvalue weighted by molar-refractivity contribution is -0.147. The molecule has 3 heterocycles. The molecule has 4 unspecified atom stereocenters. The molecule has 0 spiro atoms. The first-order valence-corrected chi connectivity index (χ1v) is 7.84. The van der Waals surface area contributed by atoms with Crippen LogP contribution < -0.4 is 5.32 Å². The first-order valence-electron chi connectivity index (χ1n) is 7.84. The zero-order valence-electron chi connectivity index (χ0n) is 13.0. The molecule has 8 nitrogen and oxygen atoms in total. The number of carbonyl (C=O) groups excluding carboxylic acids is 3. The third-order valence-corrected chi connectivity index (χ3v) is 4.93. The number of hydrogen-bond donors (Lipinski definition) is 2. The minimum absolute atomic E-state index is 0.225. The molecule has 0 aromatic heterocycles. The Morgan fingerprint density at radius 2 is 1.74 bits per heavy atom. The summed E-state index contributed by atoms with van der Waals surface area (Å²) < 4.78 is 5.61. The molecule has 0 aromatic rings. The van der Waals surface area contributed by atoms with E-state index in [2.05, 4.69) is 5.32 Å². The van der Waals surface area contributed by atoms with E-state index in [0.717, 1.165) is 17.7 Å². The number of amides is 3. The van der Waals surface area contributed by atoms with Crippen molar-refractivity contribution in [3.63, 3.8) is 0 Å². The number of likely N-dealkylation sites (tertiary alicyclic amines) is 1. The predicted molar refractivity (Wildman–Crippen MR) is 76.0 cm³/mol. The molecule has 3 amide bonds. The second-order valence-electron chi connectivity index (χ2n) is 6.73. The number of hydrogen-bond acceptors (Lipinski definition) is 5. The SMILES string of the molecule is CC(C)[C@@H](NC(=O)CN1C(=O)C2C3CCC(O3)C2C1=O)C(=O)O. The van der Waals surface area contributed by atoms with Crippen LogP contribution in [0.4, 0.5) is 0 Å². The van der Waals surface area contributed by atoms with Gasteiger partial charge in [0.15, 0.2) is 0 Å². The number of carboxylic acid groups (broad SMARTS) is 1.